The fourth-order valence-electron chi connectivity index (χ4n) is 0.589. The summed E-state index contributed by atoms with van der Waals surface area (Å²) < 4.78 is 0. The molecule has 0 aliphatic heterocycles. The van der Waals surface area contributed by atoms with Gasteiger partial charge in [0.1, 0.15) is 0 Å². The van der Waals surface area contributed by atoms with Crippen LogP contribution in [0.15, 0.2) is 36.9 Å². The van der Waals surface area contributed by atoms with Crippen molar-refractivity contribution in [1.29, 1.82) is 0 Å². The first kappa shape index (κ1) is 9.60. The first-order chi connectivity index (χ1) is 3.93. The smallest absolute Gasteiger partial charge is 0.0985 e. The van der Waals surface area contributed by atoms with Crippen molar-refractivity contribution >= 4 is 6.08 Å². The van der Waals surface area contributed by atoms with Gasteiger partial charge in [0.25, 0.3) is 0 Å². The van der Waals surface area contributed by atoms with E-state index >= 15 is 0 Å². The molecule has 0 amide bonds. The number of hydrogen-bond acceptors (Lipinski definition) is 0. The second kappa shape index (κ2) is 5.39. The topological polar surface area (TPSA) is 0 Å². The SMILES string of the molecule is C=Cc1ccccc1.[K+]. The van der Waals surface area contributed by atoms with Gasteiger partial charge >= 0.3 is 51.4 Å². The summed E-state index contributed by atoms with van der Waals surface area (Å²) in [5, 5.41) is 0. The molecule has 0 radical (unpaired) electrons. The summed E-state index contributed by atoms with van der Waals surface area (Å²) in [5.74, 6) is 0. The molecular formula is C8H8K+. The Kier molecular flexibility index (Phi) is 5.74. The summed E-state index contributed by atoms with van der Waals surface area (Å²) in [7, 11) is 0. The quantitative estimate of drug-likeness (QED) is 0.458. The van der Waals surface area contributed by atoms with E-state index < -0.39 is 0 Å². The summed E-state index contributed by atoms with van der Waals surface area (Å²) in [6.07, 6.45) is 1.83. The van der Waals surface area contributed by atoms with E-state index in [0.29, 0.717) is 0 Å². The number of benzene rings is 1. The zero-order valence-electron chi connectivity index (χ0n) is 5.67. The van der Waals surface area contributed by atoms with Crippen molar-refractivity contribution < 1.29 is 51.4 Å². The van der Waals surface area contributed by atoms with Crippen LogP contribution in [0.5, 0.6) is 0 Å². The van der Waals surface area contributed by atoms with Crippen molar-refractivity contribution in [2.75, 3.05) is 0 Å². The van der Waals surface area contributed by atoms with Gasteiger partial charge in [-0.05, 0) is 5.56 Å². The average molecular weight is 143 g/mol. The van der Waals surface area contributed by atoms with Crippen LogP contribution in [0.2, 0.25) is 0 Å². The van der Waals surface area contributed by atoms with Crippen molar-refractivity contribution in [2.24, 2.45) is 0 Å². The molecule has 1 aromatic carbocycles. The predicted octanol–water partition coefficient (Wildman–Crippen LogP) is -0.666. The molecule has 0 saturated heterocycles. The molecule has 0 bridgehead atoms. The van der Waals surface area contributed by atoms with Gasteiger partial charge in [-0.2, -0.15) is 0 Å². The molecule has 0 N–H and O–H groups in total. The Morgan fingerprint density at radius 1 is 1.11 bits per heavy atom. The van der Waals surface area contributed by atoms with Crippen LogP contribution in [0.3, 0.4) is 0 Å². The molecule has 0 aliphatic carbocycles. The molecule has 0 spiro atoms. The minimum absolute atomic E-state index is 0. The van der Waals surface area contributed by atoms with Crippen LogP contribution in [-0.4, -0.2) is 0 Å². The standard InChI is InChI=1S/C8H8.K/c1-2-8-6-4-3-5-7-8;/h2-7H,1H2;/q;+1. The van der Waals surface area contributed by atoms with Crippen LogP contribution < -0.4 is 51.4 Å². The van der Waals surface area contributed by atoms with Gasteiger partial charge in [-0.25, -0.2) is 0 Å². The Hall–Kier alpha value is 0.596. The van der Waals surface area contributed by atoms with Gasteiger partial charge < -0.3 is 0 Å². The largest absolute Gasteiger partial charge is 1.00 e. The van der Waals surface area contributed by atoms with E-state index in [0.717, 1.165) is 0 Å². The molecule has 0 saturated carbocycles. The summed E-state index contributed by atoms with van der Waals surface area (Å²) in [6, 6.07) is 10.0. The van der Waals surface area contributed by atoms with Crippen molar-refractivity contribution in [3.05, 3.63) is 42.5 Å². The molecule has 0 atom stereocenters. The molecule has 0 unspecified atom stereocenters. The molecule has 0 heterocycles. The van der Waals surface area contributed by atoms with Gasteiger partial charge in [-0.1, -0.05) is 43.0 Å². The van der Waals surface area contributed by atoms with Crippen molar-refractivity contribution in [3.8, 4) is 0 Å². The molecule has 0 aliphatic rings. The third kappa shape index (κ3) is 3.33. The second-order valence-corrected chi connectivity index (χ2v) is 1.61. The fourth-order valence-corrected chi connectivity index (χ4v) is 0.589. The van der Waals surface area contributed by atoms with E-state index in [1.807, 2.05) is 36.4 Å². The first-order valence-electron chi connectivity index (χ1n) is 2.61. The summed E-state index contributed by atoms with van der Waals surface area (Å²) in [6.45, 7) is 3.63. The maximum absolute atomic E-state index is 3.63. The minimum atomic E-state index is 0. The molecule has 0 fully saturated rings. The maximum atomic E-state index is 3.63. The van der Waals surface area contributed by atoms with E-state index in [1.54, 1.807) is 0 Å². The van der Waals surface area contributed by atoms with Crippen LogP contribution >= 0.6 is 0 Å². The second-order valence-electron chi connectivity index (χ2n) is 1.61. The molecule has 40 valence electrons. The van der Waals surface area contributed by atoms with Gasteiger partial charge in [0.05, 0.1) is 0 Å². The van der Waals surface area contributed by atoms with Crippen LogP contribution in [0.25, 0.3) is 6.08 Å². The molecule has 0 nitrogen and oxygen atoms in total. The molecule has 1 aromatic rings. The van der Waals surface area contributed by atoms with E-state index in [1.165, 1.54) is 5.56 Å². The first-order valence-corrected chi connectivity index (χ1v) is 2.61. The molecule has 1 rings (SSSR count). The van der Waals surface area contributed by atoms with Gasteiger partial charge in [0, 0.05) is 0 Å². The third-order valence-corrected chi connectivity index (χ3v) is 1.04. The number of hydrogen-bond donors (Lipinski definition) is 0. The summed E-state index contributed by atoms with van der Waals surface area (Å²) in [5.41, 5.74) is 1.17. The average Bonchev–Trinajstić information content (AvgIpc) is 1.90. The Balaban J connectivity index is 0.000000640. The van der Waals surface area contributed by atoms with E-state index in [9.17, 15) is 0 Å². The monoisotopic (exact) mass is 143 g/mol. The van der Waals surface area contributed by atoms with Crippen molar-refractivity contribution in [1.82, 2.24) is 0 Å². The Morgan fingerprint density at radius 2 is 1.67 bits per heavy atom. The fraction of sp³-hybridized carbons (Fsp3) is 0. The maximum Gasteiger partial charge on any atom is 1.00 e. The summed E-state index contributed by atoms with van der Waals surface area (Å²) in [4.78, 5) is 0. The molecule has 9 heavy (non-hydrogen) atoms. The van der Waals surface area contributed by atoms with Gasteiger partial charge in [-0.15, -0.1) is 0 Å². The third-order valence-electron chi connectivity index (χ3n) is 1.04. The molecule has 0 aromatic heterocycles. The van der Waals surface area contributed by atoms with Crippen LogP contribution in [-0.2, 0) is 0 Å². The van der Waals surface area contributed by atoms with Gasteiger partial charge in [0.2, 0.25) is 0 Å². The Morgan fingerprint density at radius 3 is 2.00 bits per heavy atom. The summed E-state index contributed by atoms with van der Waals surface area (Å²) >= 11 is 0. The van der Waals surface area contributed by atoms with Gasteiger partial charge in [-0.3, -0.25) is 0 Å². The Labute approximate surface area is 98.4 Å². The van der Waals surface area contributed by atoms with Gasteiger partial charge in [0.15, 0.2) is 0 Å². The van der Waals surface area contributed by atoms with Crippen LogP contribution in [0.4, 0.5) is 0 Å². The van der Waals surface area contributed by atoms with E-state index in [2.05, 4.69) is 6.58 Å². The molecule has 1 heteroatoms. The van der Waals surface area contributed by atoms with E-state index in [-0.39, 0.29) is 51.4 Å². The number of rotatable bonds is 1. The molecular weight excluding hydrogens is 135 g/mol. The van der Waals surface area contributed by atoms with Crippen LogP contribution in [0.1, 0.15) is 5.56 Å². The van der Waals surface area contributed by atoms with Crippen molar-refractivity contribution in [3.63, 3.8) is 0 Å². The zero-order valence-corrected chi connectivity index (χ0v) is 8.79. The van der Waals surface area contributed by atoms with Crippen LogP contribution in [0, 0.1) is 0 Å². The normalized spacial score (nSPS) is 7.56. The minimum Gasteiger partial charge on any atom is -0.0985 e. The Bertz CT molecular complexity index is 167. The predicted molar refractivity (Wildman–Crippen MR) is 36.5 cm³/mol. The zero-order chi connectivity index (χ0) is 5.82. The van der Waals surface area contributed by atoms with E-state index in [4.69, 9.17) is 0 Å². The van der Waals surface area contributed by atoms with Crippen molar-refractivity contribution in [2.45, 2.75) is 0 Å².